The van der Waals surface area contributed by atoms with Gasteiger partial charge in [-0.25, -0.2) is 17.9 Å². The average Bonchev–Trinajstić information content (AvgIpc) is 2.51. The van der Waals surface area contributed by atoms with Crippen LogP contribution in [0.25, 0.3) is 0 Å². The fourth-order valence-corrected chi connectivity index (χ4v) is 2.43. The van der Waals surface area contributed by atoms with Gasteiger partial charge in [-0.1, -0.05) is 18.2 Å². The largest absolute Gasteiger partial charge is 0.295 e. The molecule has 0 amide bonds. The third kappa shape index (κ3) is 3.91. The number of hydrogen-bond donors (Lipinski definition) is 2. The minimum Gasteiger partial charge on any atom is -0.271 e. The summed E-state index contributed by atoms with van der Waals surface area (Å²) in [4.78, 5) is 9.92. The van der Waals surface area contributed by atoms with E-state index in [9.17, 15) is 22.9 Å². The van der Waals surface area contributed by atoms with Crippen LogP contribution in [-0.4, -0.2) is 19.1 Å². The Morgan fingerprint density at radius 1 is 1.29 bits per heavy atom. The molecule has 0 aliphatic heterocycles. The summed E-state index contributed by atoms with van der Waals surface area (Å²) in [5.41, 5.74) is 2.36. The van der Waals surface area contributed by atoms with Crippen molar-refractivity contribution in [3.8, 4) is 0 Å². The lowest BCUT2D eigenvalue weighted by Gasteiger charge is -2.06. The molecule has 2 aromatic carbocycles. The molecule has 0 unspecified atom stereocenters. The van der Waals surface area contributed by atoms with Crippen molar-refractivity contribution < 1.29 is 17.7 Å². The second kappa shape index (κ2) is 6.72. The minimum atomic E-state index is -4.07. The first-order chi connectivity index (χ1) is 11.2. The number of halogens is 1. The van der Waals surface area contributed by atoms with Crippen molar-refractivity contribution in [1.29, 1.82) is 0 Å². The van der Waals surface area contributed by atoms with Crippen molar-refractivity contribution in [3.63, 3.8) is 0 Å². The Bertz CT molecular complexity index is 928. The molecule has 0 fully saturated rings. The van der Waals surface area contributed by atoms with Gasteiger partial charge in [0.05, 0.1) is 15.5 Å². The molecular weight excluding hydrogens is 339 g/mol. The summed E-state index contributed by atoms with van der Waals surface area (Å²) in [6.45, 7) is 1.52. The highest BCUT2D eigenvalue weighted by atomic mass is 32.2. The van der Waals surface area contributed by atoms with Crippen molar-refractivity contribution in [2.75, 3.05) is 5.43 Å². The van der Waals surface area contributed by atoms with Crippen LogP contribution in [0.5, 0.6) is 0 Å². The molecule has 0 aliphatic carbocycles. The number of primary sulfonamides is 1. The number of nitrogens with zero attached hydrogens (tertiary/aromatic N) is 2. The van der Waals surface area contributed by atoms with E-state index in [1.807, 2.05) is 0 Å². The monoisotopic (exact) mass is 352 g/mol. The first-order valence-electron chi connectivity index (χ1n) is 6.56. The Hall–Kier alpha value is -2.85. The number of sulfonamides is 1. The van der Waals surface area contributed by atoms with E-state index in [-0.39, 0.29) is 17.0 Å². The second-order valence-electron chi connectivity index (χ2n) is 4.77. The van der Waals surface area contributed by atoms with Crippen molar-refractivity contribution in [2.24, 2.45) is 10.2 Å². The highest BCUT2D eigenvalue weighted by Crippen LogP contribution is 2.27. The summed E-state index contributed by atoms with van der Waals surface area (Å²) in [7, 11) is -4.07. The summed E-state index contributed by atoms with van der Waals surface area (Å²) in [5.74, 6) is -0.486. The van der Waals surface area contributed by atoms with Crippen LogP contribution in [0.1, 0.15) is 12.5 Å². The first kappa shape index (κ1) is 17.5. The van der Waals surface area contributed by atoms with E-state index < -0.39 is 31.3 Å². The lowest BCUT2D eigenvalue weighted by Crippen LogP contribution is -2.12. The predicted octanol–water partition coefficient (Wildman–Crippen LogP) is 2.22. The normalized spacial score (nSPS) is 12.0. The molecule has 0 aromatic heterocycles. The fourth-order valence-electron chi connectivity index (χ4n) is 1.89. The summed E-state index contributed by atoms with van der Waals surface area (Å²) >= 11 is 0. The van der Waals surface area contributed by atoms with E-state index in [2.05, 4.69) is 10.5 Å². The van der Waals surface area contributed by atoms with Crippen LogP contribution < -0.4 is 10.6 Å². The van der Waals surface area contributed by atoms with Crippen molar-refractivity contribution in [2.45, 2.75) is 11.8 Å². The van der Waals surface area contributed by atoms with Gasteiger partial charge in [-0.05, 0) is 25.1 Å². The van der Waals surface area contributed by atoms with E-state index in [0.717, 1.165) is 18.2 Å². The summed E-state index contributed by atoms with van der Waals surface area (Å²) in [6, 6.07) is 9.02. The molecule has 0 radical (unpaired) electrons. The first-order valence-corrected chi connectivity index (χ1v) is 8.11. The van der Waals surface area contributed by atoms with E-state index in [0.29, 0.717) is 0 Å². The Morgan fingerprint density at radius 2 is 1.96 bits per heavy atom. The lowest BCUT2D eigenvalue weighted by atomic mass is 10.1. The highest BCUT2D eigenvalue weighted by molar-refractivity contribution is 7.89. The molecule has 0 saturated heterocycles. The average molecular weight is 352 g/mol. The van der Waals surface area contributed by atoms with Gasteiger partial charge in [0.2, 0.25) is 10.0 Å². The maximum atomic E-state index is 13.7. The quantitative estimate of drug-likeness (QED) is 0.484. The molecule has 0 bridgehead atoms. The van der Waals surface area contributed by atoms with Gasteiger partial charge in [0.1, 0.15) is 11.5 Å². The van der Waals surface area contributed by atoms with E-state index in [4.69, 9.17) is 5.14 Å². The molecule has 0 atom stereocenters. The maximum absolute atomic E-state index is 13.7. The Kier molecular flexibility index (Phi) is 4.90. The number of hydrazone groups is 1. The highest BCUT2D eigenvalue weighted by Gasteiger charge is 2.19. The van der Waals surface area contributed by atoms with Crippen LogP contribution in [0.3, 0.4) is 0 Å². The van der Waals surface area contributed by atoms with E-state index in [1.165, 1.54) is 25.1 Å². The van der Waals surface area contributed by atoms with Crippen LogP contribution in [0.4, 0.5) is 15.8 Å². The molecule has 24 heavy (non-hydrogen) atoms. The van der Waals surface area contributed by atoms with Gasteiger partial charge in [-0.3, -0.25) is 15.5 Å². The Morgan fingerprint density at radius 3 is 2.54 bits per heavy atom. The number of hydrogen-bond acceptors (Lipinski definition) is 6. The van der Waals surface area contributed by atoms with Crippen LogP contribution in [-0.2, 0) is 10.0 Å². The molecule has 2 aromatic rings. The molecule has 0 spiro atoms. The van der Waals surface area contributed by atoms with Gasteiger partial charge >= 0.3 is 0 Å². The van der Waals surface area contributed by atoms with E-state index in [1.54, 1.807) is 6.07 Å². The lowest BCUT2D eigenvalue weighted by molar-refractivity contribution is -0.384. The van der Waals surface area contributed by atoms with Gasteiger partial charge in [0.25, 0.3) is 5.69 Å². The van der Waals surface area contributed by atoms with Crippen molar-refractivity contribution in [3.05, 3.63) is 64.0 Å². The molecule has 10 heteroatoms. The van der Waals surface area contributed by atoms with Crippen LogP contribution in [0, 0.1) is 15.9 Å². The van der Waals surface area contributed by atoms with Gasteiger partial charge in [0, 0.05) is 11.6 Å². The standard InChI is InChI=1S/C14H13FN4O4S/c1-9(11-4-2-3-5-12(11)15)17-18-13-7-6-10(24(16,22)23)8-14(13)19(20)21/h2-8,18H,1H3,(H2,16,22,23)/b17-9+. The second-order valence-corrected chi connectivity index (χ2v) is 6.33. The zero-order valence-corrected chi connectivity index (χ0v) is 13.2. The number of nitrogens with two attached hydrogens (primary N) is 1. The van der Waals surface area contributed by atoms with Crippen LogP contribution in [0.15, 0.2) is 52.5 Å². The Labute approximate surface area is 137 Å². The Balaban J connectivity index is 2.38. The third-order valence-corrected chi connectivity index (χ3v) is 4.01. The molecule has 8 nitrogen and oxygen atoms in total. The SMILES string of the molecule is C/C(=N\Nc1ccc(S(N)(=O)=O)cc1[N+](=O)[O-])c1ccccc1F. The zero-order valence-electron chi connectivity index (χ0n) is 12.4. The summed E-state index contributed by atoms with van der Waals surface area (Å²) < 4.78 is 36.2. The number of anilines is 1. The minimum absolute atomic E-state index is 0.0527. The number of benzene rings is 2. The molecule has 0 aliphatic rings. The third-order valence-electron chi connectivity index (χ3n) is 3.10. The molecule has 0 heterocycles. The van der Waals surface area contributed by atoms with Gasteiger partial charge in [-0.15, -0.1) is 0 Å². The summed E-state index contributed by atoms with van der Waals surface area (Å²) in [5, 5.41) is 19.9. The van der Waals surface area contributed by atoms with Gasteiger partial charge in [-0.2, -0.15) is 5.10 Å². The zero-order chi connectivity index (χ0) is 17.9. The molecule has 126 valence electrons. The van der Waals surface area contributed by atoms with Crippen LogP contribution >= 0.6 is 0 Å². The van der Waals surface area contributed by atoms with Crippen molar-refractivity contribution in [1.82, 2.24) is 0 Å². The number of rotatable bonds is 5. The molecule has 3 N–H and O–H groups in total. The topological polar surface area (TPSA) is 128 Å². The van der Waals surface area contributed by atoms with Gasteiger partial charge < -0.3 is 0 Å². The predicted molar refractivity (Wildman–Crippen MR) is 86.7 cm³/mol. The number of nitro benzene ring substituents is 1. The molecular formula is C14H13FN4O4S. The number of nitro groups is 1. The van der Waals surface area contributed by atoms with Gasteiger partial charge in [0.15, 0.2) is 0 Å². The van der Waals surface area contributed by atoms with Crippen molar-refractivity contribution >= 4 is 27.1 Å². The summed E-state index contributed by atoms with van der Waals surface area (Å²) in [6.07, 6.45) is 0. The fraction of sp³-hybridized carbons (Fsp3) is 0.0714. The maximum Gasteiger partial charge on any atom is 0.295 e. The van der Waals surface area contributed by atoms with Crippen LogP contribution in [0.2, 0.25) is 0 Å². The number of nitrogens with one attached hydrogen (secondary N) is 1. The molecule has 2 rings (SSSR count). The van der Waals surface area contributed by atoms with E-state index >= 15 is 0 Å². The smallest absolute Gasteiger partial charge is 0.271 e. The molecule has 0 saturated carbocycles.